The molecule has 0 heterocycles. The molecule has 0 bridgehead atoms. The first kappa shape index (κ1) is 12.7. The molecule has 20 heavy (non-hydrogen) atoms. The molecule has 3 nitrogen and oxygen atoms in total. The van der Waals surface area contributed by atoms with Crippen molar-refractivity contribution in [2.75, 3.05) is 0 Å². The maximum atomic E-state index is 12.4. The van der Waals surface area contributed by atoms with E-state index < -0.39 is 10.8 Å². The SMILES string of the molecule is O=C1C=C(S(=O)c2ccccc2)C(=O)c2ccccc21. The van der Waals surface area contributed by atoms with Gasteiger partial charge in [0.25, 0.3) is 0 Å². The number of hydrogen-bond acceptors (Lipinski definition) is 3. The molecule has 0 radical (unpaired) electrons. The smallest absolute Gasteiger partial charge is 0.203 e. The van der Waals surface area contributed by atoms with Gasteiger partial charge in [-0.3, -0.25) is 9.59 Å². The van der Waals surface area contributed by atoms with Gasteiger partial charge in [0.15, 0.2) is 5.78 Å². The molecule has 1 aliphatic carbocycles. The van der Waals surface area contributed by atoms with Crippen molar-refractivity contribution < 1.29 is 13.8 Å². The van der Waals surface area contributed by atoms with E-state index in [-0.39, 0.29) is 16.5 Å². The zero-order valence-electron chi connectivity index (χ0n) is 10.4. The summed E-state index contributed by atoms with van der Waals surface area (Å²) < 4.78 is 12.4. The summed E-state index contributed by atoms with van der Waals surface area (Å²) in [6.07, 6.45) is 1.19. The number of ketones is 2. The van der Waals surface area contributed by atoms with Gasteiger partial charge in [0.1, 0.15) is 0 Å². The fourth-order valence-corrected chi connectivity index (χ4v) is 3.25. The predicted octanol–water partition coefficient (Wildman–Crippen LogP) is 2.76. The maximum absolute atomic E-state index is 12.4. The zero-order chi connectivity index (χ0) is 14.1. The van der Waals surface area contributed by atoms with Crippen molar-refractivity contribution in [3.05, 3.63) is 76.7 Å². The second-order valence-electron chi connectivity index (χ2n) is 4.33. The number of Topliss-reactive ketones (excluding diaryl/α,β-unsaturated/α-hetero) is 1. The van der Waals surface area contributed by atoms with Crippen LogP contribution in [-0.4, -0.2) is 15.8 Å². The molecule has 0 amide bonds. The van der Waals surface area contributed by atoms with Crippen LogP contribution in [0.15, 0.2) is 70.5 Å². The van der Waals surface area contributed by atoms with Crippen molar-refractivity contribution in [3.63, 3.8) is 0 Å². The molecule has 1 atom stereocenters. The minimum absolute atomic E-state index is 0.0416. The highest BCUT2D eigenvalue weighted by Gasteiger charge is 2.29. The van der Waals surface area contributed by atoms with E-state index in [1.54, 1.807) is 54.6 Å². The number of fused-ring (bicyclic) bond motifs is 1. The highest BCUT2D eigenvalue weighted by atomic mass is 32.2. The van der Waals surface area contributed by atoms with Crippen LogP contribution in [0.25, 0.3) is 0 Å². The van der Waals surface area contributed by atoms with Crippen molar-refractivity contribution in [3.8, 4) is 0 Å². The molecular formula is C16H10O3S. The van der Waals surface area contributed by atoms with E-state index in [0.717, 1.165) is 0 Å². The van der Waals surface area contributed by atoms with E-state index in [1.165, 1.54) is 6.08 Å². The lowest BCUT2D eigenvalue weighted by molar-refractivity contribution is 0.0990. The average Bonchev–Trinajstić information content (AvgIpc) is 2.51. The Morgan fingerprint density at radius 3 is 2.05 bits per heavy atom. The zero-order valence-corrected chi connectivity index (χ0v) is 11.2. The van der Waals surface area contributed by atoms with Gasteiger partial charge in [0.05, 0.1) is 15.7 Å². The van der Waals surface area contributed by atoms with Crippen LogP contribution in [0, 0.1) is 0 Å². The van der Waals surface area contributed by atoms with E-state index in [9.17, 15) is 13.8 Å². The fraction of sp³-hybridized carbons (Fsp3) is 0. The summed E-state index contributed by atoms with van der Waals surface area (Å²) in [6.45, 7) is 0. The Balaban J connectivity index is 2.07. The van der Waals surface area contributed by atoms with Gasteiger partial charge >= 0.3 is 0 Å². The Morgan fingerprint density at radius 1 is 0.750 bits per heavy atom. The molecule has 0 N–H and O–H groups in total. The molecular weight excluding hydrogens is 272 g/mol. The van der Waals surface area contributed by atoms with E-state index in [2.05, 4.69) is 0 Å². The molecule has 0 aliphatic heterocycles. The standard InChI is InChI=1S/C16H10O3S/c17-14-10-15(20(19)11-6-2-1-3-7-11)16(18)13-9-5-4-8-12(13)14/h1-10H. The Hall–Kier alpha value is -2.33. The topological polar surface area (TPSA) is 51.2 Å². The second-order valence-corrected chi connectivity index (χ2v) is 5.78. The number of carbonyl (C=O) groups is 2. The number of carbonyl (C=O) groups excluding carboxylic acids is 2. The Bertz CT molecular complexity index is 760. The molecule has 1 unspecified atom stereocenters. The predicted molar refractivity (Wildman–Crippen MR) is 76.0 cm³/mol. The van der Waals surface area contributed by atoms with Crippen molar-refractivity contribution >= 4 is 22.4 Å². The first-order chi connectivity index (χ1) is 9.68. The summed E-state index contributed by atoms with van der Waals surface area (Å²) in [5, 5.41) is 0. The van der Waals surface area contributed by atoms with Crippen LogP contribution in [0.4, 0.5) is 0 Å². The molecule has 2 aromatic rings. The van der Waals surface area contributed by atoms with E-state index in [4.69, 9.17) is 0 Å². The quantitative estimate of drug-likeness (QED) is 0.851. The van der Waals surface area contributed by atoms with Crippen LogP contribution >= 0.6 is 0 Å². The third-order valence-electron chi connectivity index (χ3n) is 3.08. The van der Waals surface area contributed by atoms with Gasteiger partial charge in [-0.15, -0.1) is 0 Å². The van der Waals surface area contributed by atoms with Crippen molar-refractivity contribution in [2.24, 2.45) is 0 Å². The molecule has 3 rings (SSSR count). The first-order valence-electron chi connectivity index (χ1n) is 6.05. The monoisotopic (exact) mass is 282 g/mol. The molecule has 0 saturated heterocycles. The van der Waals surface area contributed by atoms with E-state index >= 15 is 0 Å². The average molecular weight is 282 g/mol. The third-order valence-corrected chi connectivity index (χ3v) is 4.48. The van der Waals surface area contributed by atoms with Gasteiger partial charge in [0, 0.05) is 22.1 Å². The second kappa shape index (κ2) is 4.98. The van der Waals surface area contributed by atoms with Gasteiger partial charge in [-0.2, -0.15) is 0 Å². The first-order valence-corrected chi connectivity index (χ1v) is 7.20. The Morgan fingerprint density at radius 2 is 1.35 bits per heavy atom. The lowest BCUT2D eigenvalue weighted by atomic mass is 9.95. The molecule has 4 heteroatoms. The van der Waals surface area contributed by atoms with Crippen LogP contribution in [0.5, 0.6) is 0 Å². The van der Waals surface area contributed by atoms with Gasteiger partial charge in [0.2, 0.25) is 5.78 Å². The lowest BCUT2D eigenvalue weighted by Crippen LogP contribution is -2.19. The van der Waals surface area contributed by atoms with Crippen molar-refractivity contribution in [1.29, 1.82) is 0 Å². The molecule has 0 saturated carbocycles. The van der Waals surface area contributed by atoms with Crippen molar-refractivity contribution in [2.45, 2.75) is 4.90 Å². The normalized spacial score (nSPS) is 15.5. The fourth-order valence-electron chi connectivity index (χ4n) is 2.10. The van der Waals surface area contributed by atoms with Gasteiger partial charge in [-0.1, -0.05) is 42.5 Å². The molecule has 1 aliphatic rings. The molecule has 0 spiro atoms. The highest BCUT2D eigenvalue weighted by Crippen LogP contribution is 2.25. The van der Waals surface area contributed by atoms with Crippen LogP contribution < -0.4 is 0 Å². The summed E-state index contributed by atoms with van der Waals surface area (Å²) >= 11 is 0. The summed E-state index contributed by atoms with van der Waals surface area (Å²) in [7, 11) is -1.64. The summed E-state index contributed by atoms with van der Waals surface area (Å²) in [4.78, 5) is 24.9. The summed E-state index contributed by atoms with van der Waals surface area (Å²) in [6, 6.07) is 15.2. The molecule has 0 aromatic heterocycles. The Labute approximate surface area is 118 Å². The van der Waals surface area contributed by atoms with Crippen LogP contribution in [-0.2, 0) is 10.8 Å². The lowest BCUT2D eigenvalue weighted by Gasteiger charge is -2.14. The van der Waals surface area contributed by atoms with Crippen LogP contribution in [0.2, 0.25) is 0 Å². The molecule has 98 valence electrons. The molecule has 0 fully saturated rings. The number of benzene rings is 2. The maximum Gasteiger partial charge on any atom is 0.203 e. The number of rotatable bonds is 2. The Kier molecular flexibility index (Phi) is 3.16. The minimum atomic E-state index is -1.64. The third kappa shape index (κ3) is 2.04. The van der Waals surface area contributed by atoms with Gasteiger partial charge in [-0.05, 0) is 12.1 Å². The largest absolute Gasteiger partial charge is 0.289 e. The van der Waals surface area contributed by atoms with E-state index in [0.29, 0.717) is 16.0 Å². The number of allylic oxidation sites excluding steroid dienone is 2. The van der Waals surface area contributed by atoms with Crippen LogP contribution in [0.1, 0.15) is 20.7 Å². The van der Waals surface area contributed by atoms with E-state index in [1.807, 2.05) is 0 Å². The van der Waals surface area contributed by atoms with Gasteiger partial charge < -0.3 is 0 Å². The van der Waals surface area contributed by atoms with Crippen LogP contribution in [0.3, 0.4) is 0 Å². The minimum Gasteiger partial charge on any atom is -0.289 e. The highest BCUT2D eigenvalue weighted by molar-refractivity contribution is 7.90. The summed E-state index contributed by atoms with van der Waals surface area (Å²) in [5.41, 5.74) is 0.686. The number of hydrogen-bond donors (Lipinski definition) is 0. The summed E-state index contributed by atoms with van der Waals surface area (Å²) in [5.74, 6) is -0.623. The molecule has 2 aromatic carbocycles. The van der Waals surface area contributed by atoms with Crippen molar-refractivity contribution in [1.82, 2.24) is 0 Å². The van der Waals surface area contributed by atoms with Gasteiger partial charge in [-0.25, -0.2) is 4.21 Å².